The zero-order chi connectivity index (χ0) is 23.7. The molecule has 0 aliphatic carbocycles. The molecule has 0 saturated carbocycles. The summed E-state index contributed by atoms with van der Waals surface area (Å²) in [4.78, 5) is 38.5. The minimum atomic E-state index is -0.0824. The molecule has 1 saturated heterocycles. The summed E-state index contributed by atoms with van der Waals surface area (Å²) in [5.41, 5.74) is 4.57. The van der Waals surface area contributed by atoms with Crippen LogP contribution in [0.5, 0.6) is 0 Å². The number of likely N-dealkylation sites (tertiary alicyclic amines) is 1. The van der Waals surface area contributed by atoms with Gasteiger partial charge in [-0.05, 0) is 63.3 Å². The normalized spacial score (nSPS) is 16.1. The van der Waals surface area contributed by atoms with Crippen molar-refractivity contribution in [2.45, 2.75) is 25.3 Å². The van der Waals surface area contributed by atoms with Crippen molar-refractivity contribution in [3.05, 3.63) is 65.9 Å². The molecule has 3 aromatic rings. The highest BCUT2D eigenvalue weighted by Crippen LogP contribution is 2.32. The third-order valence-corrected chi connectivity index (χ3v) is 6.62. The average Bonchev–Trinajstić information content (AvgIpc) is 2.99. The standard InChI is InChI=1S/C26H28N6O2/c1-31-13-11-20(12-14-31)32(2)25(34)17-7-9-19(10-8-17)28-26-27-16-18-15-23(33)29-22-6-4-3-5-21(22)24(18)30-26/h3-10,16,20H,11-15H2,1-2H3,(H,29,33)(H,27,28,30). The predicted octanol–water partition coefficient (Wildman–Crippen LogP) is 3.55. The quantitative estimate of drug-likeness (QED) is 0.624. The molecule has 5 rings (SSSR count). The predicted molar refractivity (Wildman–Crippen MR) is 132 cm³/mol. The Morgan fingerprint density at radius 1 is 1.12 bits per heavy atom. The number of nitrogens with one attached hydrogen (secondary N) is 2. The van der Waals surface area contributed by atoms with Crippen molar-refractivity contribution in [3.63, 3.8) is 0 Å². The maximum absolute atomic E-state index is 13.0. The SMILES string of the molecule is CN1CCC(N(C)C(=O)c2ccc(Nc3ncc4c(n3)-c3ccccc3NC(=O)C4)cc2)CC1. The molecule has 0 bridgehead atoms. The number of fused-ring (bicyclic) bond motifs is 3. The minimum absolute atomic E-state index is 0.0381. The zero-order valence-electron chi connectivity index (χ0n) is 19.4. The Morgan fingerprint density at radius 3 is 2.62 bits per heavy atom. The Hall–Kier alpha value is -3.78. The Balaban J connectivity index is 1.32. The maximum Gasteiger partial charge on any atom is 0.253 e. The lowest BCUT2D eigenvalue weighted by atomic mass is 10.0. The molecule has 0 radical (unpaired) electrons. The third kappa shape index (κ3) is 4.49. The molecule has 0 unspecified atom stereocenters. The van der Waals surface area contributed by atoms with E-state index in [2.05, 4.69) is 27.6 Å². The van der Waals surface area contributed by atoms with E-state index in [1.165, 1.54) is 0 Å². The van der Waals surface area contributed by atoms with Crippen LogP contribution in [0.2, 0.25) is 0 Å². The molecule has 2 aromatic carbocycles. The molecule has 174 valence electrons. The van der Waals surface area contributed by atoms with Crippen LogP contribution >= 0.6 is 0 Å². The number of nitrogens with zero attached hydrogens (tertiary/aromatic N) is 4. The first kappa shape index (κ1) is 22.0. The van der Waals surface area contributed by atoms with E-state index in [9.17, 15) is 9.59 Å². The average molecular weight is 457 g/mol. The van der Waals surface area contributed by atoms with Crippen molar-refractivity contribution in [2.75, 3.05) is 37.8 Å². The van der Waals surface area contributed by atoms with Gasteiger partial charge in [0.1, 0.15) is 0 Å². The summed E-state index contributed by atoms with van der Waals surface area (Å²) >= 11 is 0. The first-order chi connectivity index (χ1) is 16.5. The lowest BCUT2D eigenvalue weighted by Gasteiger charge is -2.35. The summed E-state index contributed by atoms with van der Waals surface area (Å²) in [6, 6.07) is 15.3. The van der Waals surface area contributed by atoms with Gasteiger partial charge >= 0.3 is 0 Å². The Morgan fingerprint density at radius 2 is 1.85 bits per heavy atom. The zero-order valence-corrected chi connectivity index (χ0v) is 19.4. The molecule has 1 aromatic heterocycles. The number of carbonyl (C=O) groups excluding carboxylic acids is 2. The summed E-state index contributed by atoms with van der Waals surface area (Å²) in [7, 11) is 4.01. The molecule has 2 N–H and O–H groups in total. The summed E-state index contributed by atoms with van der Waals surface area (Å²) in [5.74, 6) is 0.391. The van der Waals surface area contributed by atoms with E-state index >= 15 is 0 Å². The van der Waals surface area contributed by atoms with Gasteiger partial charge in [0.2, 0.25) is 11.9 Å². The number of para-hydroxylation sites is 1. The van der Waals surface area contributed by atoms with Crippen molar-refractivity contribution in [1.82, 2.24) is 19.8 Å². The van der Waals surface area contributed by atoms with Gasteiger partial charge in [0, 0.05) is 41.7 Å². The first-order valence-electron chi connectivity index (χ1n) is 11.6. The summed E-state index contributed by atoms with van der Waals surface area (Å²) in [5, 5.41) is 6.15. The summed E-state index contributed by atoms with van der Waals surface area (Å²) < 4.78 is 0. The van der Waals surface area contributed by atoms with E-state index in [1.54, 1.807) is 6.20 Å². The van der Waals surface area contributed by atoms with E-state index in [0.29, 0.717) is 11.5 Å². The van der Waals surface area contributed by atoms with E-state index in [-0.39, 0.29) is 24.3 Å². The number of benzene rings is 2. The van der Waals surface area contributed by atoms with Crippen molar-refractivity contribution in [3.8, 4) is 11.3 Å². The van der Waals surface area contributed by atoms with Gasteiger partial charge in [-0.25, -0.2) is 9.97 Å². The molecule has 34 heavy (non-hydrogen) atoms. The molecule has 8 heteroatoms. The van der Waals surface area contributed by atoms with Gasteiger partial charge in [0.05, 0.1) is 17.8 Å². The van der Waals surface area contributed by atoms with E-state index < -0.39 is 0 Å². The highest BCUT2D eigenvalue weighted by Gasteiger charge is 2.25. The van der Waals surface area contributed by atoms with Gasteiger partial charge in [-0.1, -0.05) is 18.2 Å². The highest BCUT2D eigenvalue weighted by atomic mass is 16.2. The Kier molecular flexibility index (Phi) is 5.98. The number of piperidine rings is 1. The lowest BCUT2D eigenvalue weighted by Crippen LogP contribution is -2.44. The summed E-state index contributed by atoms with van der Waals surface area (Å²) in [6.07, 6.45) is 3.92. The number of carbonyl (C=O) groups is 2. The molecule has 0 atom stereocenters. The van der Waals surface area contributed by atoms with Crippen LogP contribution in [0.1, 0.15) is 28.8 Å². The van der Waals surface area contributed by atoms with E-state index in [0.717, 1.165) is 54.1 Å². The molecular formula is C26H28N6O2. The van der Waals surface area contributed by atoms with Gasteiger partial charge in [0.15, 0.2) is 0 Å². The van der Waals surface area contributed by atoms with Gasteiger partial charge in [-0.3, -0.25) is 9.59 Å². The van der Waals surface area contributed by atoms with Crippen LogP contribution in [0, 0.1) is 0 Å². The lowest BCUT2D eigenvalue weighted by molar-refractivity contribution is -0.115. The molecule has 2 aliphatic heterocycles. The third-order valence-electron chi connectivity index (χ3n) is 6.62. The van der Waals surface area contributed by atoms with Crippen LogP contribution in [0.15, 0.2) is 54.7 Å². The van der Waals surface area contributed by atoms with Crippen LogP contribution in [0.25, 0.3) is 11.3 Å². The van der Waals surface area contributed by atoms with Crippen LogP contribution in [0.3, 0.4) is 0 Å². The molecule has 3 heterocycles. The van der Waals surface area contributed by atoms with Crippen LogP contribution < -0.4 is 10.6 Å². The fourth-order valence-corrected chi connectivity index (χ4v) is 4.57. The molecular weight excluding hydrogens is 428 g/mol. The monoisotopic (exact) mass is 456 g/mol. The first-order valence-corrected chi connectivity index (χ1v) is 11.6. The van der Waals surface area contributed by atoms with Crippen LogP contribution in [0.4, 0.5) is 17.3 Å². The number of hydrogen-bond donors (Lipinski definition) is 2. The van der Waals surface area contributed by atoms with Gasteiger partial charge in [0.25, 0.3) is 5.91 Å². The van der Waals surface area contributed by atoms with Crippen molar-refractivity contribution in [2.24, 2.45) is 0 Å². The minimum Gasteiger partial charge on any atom is -0.339 e. The molecule has 0 spiro atoms. The Labute approximate surface area is 199 Å². The van der Waals surface area contributed by atoms with Gasteiger partial charge < -0.3 is 20.4 Å². The Bertz CT molecular complexity index is 1220. The maximum atomic E-state index is 13.0. The molecule has 2 amide bonds. The number of amides is 2. The number of rotatable bonds is 4. The fraction of sp³-hybridized carbons (Fsp3) is 0.308. The van der Waals surface area contributed by atoms with E-state index in [4.69, 9.17) is 4.98 Å². The molecule has 2 aliphatic rings. The van der Waals surface area contributed by atoms with Gasteiger partial charge in [-0.15, -0.1) is 0 Å². The largest absolute Gasteiger partial charge is 0.339 e. The van der Waals surface area contributed by atoms with Crippen LogP contribution in [-0.2, 0) is 11.2 Å². The highest BCUT2D eigenvalue weighted by molar-refractivity contribution is 6.00. The molecule has 1 fully saturated rings. The van der Waals surface area contributed by atoms with Gasteiger partial charge in [-0.2, -0.15) is 0 Å². The number of anilines is 3. The second-order valence-corrected chi connectivity index (χ2v) is 8.99. The molecule has 8 nitrogen and oxygen atoms in total. The second kappa shape index (κ2) is 9.23. The fourth-order valence-electron chi connectivity index (χ4n) is 4.57. The topological polar surface area (TPSA) is 90.5 Å². The van der Waals surface area contributed by atoms with Crippen LogP contribution in [-0.4, -0.2) is 64.8 Å². The number of aromatic nitrogens is 2. The smallest absolute Gasteiger partial charge is 0.253 e. The van der Waals surface area contributed by atoms with Crippen molar-refractivity contribution < 1.29 is 9.59 Å². The van der Waals surface area contributed by atoms with E-state index in [1.807, 2.05) is 60.5 Å². The summed E-state index contributed by atoms with van der Waals surface area (Å²) in [6.45, 7) is 2.03. The van der Waals surface area contributed by atoms with Crippen molar-refractivity contribution >= 4 is 29.1 Å². The van der Waals surface area contributed by atoms with Crippen molar-refractivity contribution in [1.29, 1.82) is 0 Å². The number of hydrogen-bond acceptors (Lipinski definition) is 6. The second-order valence-electron chi connectivity index (χ2n) is 8.99.